The number of pyridine rings is 1. The molecule has 0 spiro atoms. The molecular formula is C23H27ClN2O4. The van der Waals surface area contributed by atoms with Gasteiger partial charge in [0.05, 0.1) is 0 Å². The summed E-state index contributed by atoms with van der Waals surface area (Å²) in [6.07, 6.45) is 3.22. The molecule has 2 bridgehead atoms. The van der Waals surface area contributed by atoms with Gasteiger partial charge in [0.2, 0.25) is 11.8 Å². The second-order valence-electron chi connectivity index (χ2n) is 8.84. The Morgan fingerprint density at radius 2 is 1.73 bits per heavy atom. The fraction of sp³-hybridized carbons (Fsp3) is 0.478. The first-order valence-electron chi connectivity index (χ1n) is 10.4. The van der Waals surface area contributed by atoms with Gasteiger partial charge >= 0.3 is 6.09 Å². The molecule has 2 aliphatic heterocycles. The predicted molar refractivity (Wildman–Crippen MR) is 114 cm³/mol. The zero-order valence-corrected chi connectivity index (χ0v) is 18.3. The maximum Gasteiger partial charge on any atom is 0.410 e. The lowest BCUT2D eigenvalue weighted by Crippen LogP contribution is -2.50. The van der Waals surface area contributed by atoms with Crippen LogP contribution < -0.4 is 9.47 Å². The molecule has 1 aromatic carbocycles. The van der Waals surface area contributed by atoms with Crippen molar-refractivity contribution in [2.24, 2.45) is 0 Å². The van der Waals surface area contributed by atoms with Crippen molar-refractivity contribution < 1.29 is 19.0 Å². The summed E-state index contributed by atoms with van der Waals surface area (Å²) >= 11 is 6.25. The summed E-state index contributed by atoms with van der Waals surface area (Å²) in [5.41, 5.74) is -0.494. The molecule has 30 heavy (non-hydrogen) atoms. The average molecular weight is 431 g/mol. The molecule has 2 aromatic rings. The van der Waals surface area contributed by atoms with E-state index in [0.29, 0.717) is 22.5 Å². The highest BCUT2D eigenvalue weighted by Gasteiger charge is 2.45. The number of carbonyl (C=O) groups is 1. The molecule has 2 aliphatic rings. The van der Waals surface area contributed by atoms with E-state index in [1.165, 1.54) is 0 Å². The number of hydrogen-bond acceptors (Lipinski definition) is 5. The highest BCUT2D eigenvalue weighted by molar-refractivity contribution is 6.31. The van der Waals surface area contributed by atoms with Gasteiger partial charge < -0.3 is 19.1 Å². The normalized spacial score (nSPS) is 23.2. The van der Waals surface area contributed by atoms with Crippen LogP contribution >= 0.6 is 11.6 Å². The first kappa shape index (κ1) is 20.8. The van der Waals surface area contributed by atoms with E-state index in [2.05, 4.69) is 4.98 Å². The number of ether oxygens (including phenoxy) is 3. The van der Waals surface area contributed by atoms with E-state index in [-0.39, 0.29) is 24.3 Å². The van der Waals surface area contributed by atoms with Crippen LogP contribution in [0.25, 0.3) is 0 Å². The van der Waals surface area contributed by atoms with Crippen LogP contribution in [-0.4, -0.2) is 39.8 Å². The van der Waals surface area contributed by atoms with Crippen LogP contribution in [0.5, 0.6) is 17.5 Å². The first-order valence-corrected chi connectivity index (χ1v) is 10.7. The summed E-state index contributed by atoms with van der Waals surface area (Å²) in [5, 5.41) is 0.422. The van der Waals surface area contributed by atoms with Crippen LogP contribution in [0.3, 0.4) is 0 Å². The molecule has 7 heteroatoms. The molecule has 0 radical (unpaired) electrons. The summed E-state index contributed by atoms with van der Waals surface area (Å²) < 4.78 is 17.6. The zero-order chi connectivity index (χ0) is 21.3. The van der Waals surface area contributed by atoms with Gasteiger partial charge in [-0.3, -0.25) is 0 Å². The Kier molecular flexibility index (Phi) is 5.78. The molecule has 1 aromatic heterocycles. The Bertz CT molecular complexity index is 886. The number of hydrogen-bond donors (Lipinski definition) is 0. The summed E-state index contributed by atoms with van der Waals surface area (Å²) in [6, 6.07) is 13.1. The standard InChI is InChI=1S/C23H27ClN2O4/c1-23(2,3)30-22(27)26-15-9-10-16(26)14-18(13-15)28-20-12-11-19(24)21(25-20)29-17-7-5-4-6-8-17/h4-8,11-12,15-16,18H,9-10,13-14H2,1-3H3. The molecule has 4 rings (SSSR count). The lowest BCUT2D eigenvalue weighted by Gasteiger charge is -2.39. The van der Waals surface area contributed by atoms with Crippen molar-refractivity contribution in [2.45, 2.75) is 70.2 Å². The Balaban J connectivity index is 1.41. The zero-order valence-electron chi connectivity index (χ0n) is 17.5. The van der Waals surface area contributed by atoms with Gasteiger partial charge in [0.25, 0.3) is 0 Å². The largest absolute Gasteiger partial charge is 0.474 e. The monoisotopic (exact) mass is 430 g/mol. The molecule has 0 saturated carbocycles. The number of piperidine rings is 1. The molecule has 0 aliphatic carbocycles. The van der Waals surface area contributed by atoms with Gasteiger partial charge in [-0.15, -0.1) is 0 Å². The number of fused-ring (bicyclic) bond motifs is 2. The molecular weight excluding hydrogens is 404 g/mol. The minimum atomic E-state index is -0.494. The van der Waals surface area contributed by atoms with Gasteiger partial charge in [-0.05, 0) is 51.8 Å². The van der Waals surface area contributed by atoms with Crippen molar-refractivity contribution in [3.63, 3.8) is 0 Å². The van der Waals surface area contributed by atoms with E-state index >= 15 is 0 Å². The van der Waals surface area contributed by atoms with Gasteiger partial charge in [0, 0.05) is 31.0 Å². The Labute approximate surface area is 182 Å². The third kappa shape index (κ3) is 4.81. The van der Waals surface area contributed by atoms with Gasteiger partial charge in [-0.25, -0.2) is 4.79 Å². The van der Waals surface area contributed by atoms with E-state index in [0.717, 1.165) is 25.7 Å². The number of nitrogens with zero attached hydrogens (tertiary/aromatic N) is 2. The Morgan fingerprint density at radius 3 is 2.37 bits per heavy atom. The SMILES string of the molecule is CC(C)(C)OC(=O)N1C2CCC1CC(Oc1ccc(Cl)c(Oc3ccccc3)n1)C2. The predicted octanol–water partition coefficient (Wildman–Crippen LogP) is 5.84. The highest BCUT2D eigenvalue weighted by Crippen LogP contribution is 2.38. The van der Waals surface area contributed by atoms with Crippen LogP contribution in [-0.2, 0) is 4.74 Å². The van der Waals surface area contributed by atoms with Crippen molar-refractivity contribution in [3.8, 4) is 17.5 Å². The van der Waals surface area contributed by atoms with Crippen molar-refractivity contribution in [3.05, 3.63) is 47.5 Å². The van der Waals surface area contributed by atoms with Crippen LogP contribution in [0.1, 0.15) is 46.5 Å². The van der Waals surface area contributed by atoms with Gasteiger partial charge in [0.1, 0.15) is 22.5 Å². The quantitative estimate of drug-likeness (QED) is 0.610. The molecule has 6 nitrogen and oxygen atoms in total. The Hall–Kier alpha value is -2.47. The third-order valence-electron chi connectivity index (χ3n) is 5.33. The van der Waals surface area contributed by atoms with Crippen molar-refractivity contribution in [1.29, 1.82) is 0 Å². The second kappa shape index (κ2) is 8.34. The molecule has 1 amide bonds. The highest BCUT2D eigenvalue weighted by atomic mass is 35.5. The number of halogens is 1. The minimum Gasteiger partial charge on any atom is -0.474 e. The summed E-state index contributed by atoms with van der Waals surface area (Å²) in [5.74, 6) is 1.45. The fourth-order valence-electron chi connectivity index (χ4n) is 4.15. The molecule has 2 unspecified atom stereocenters. The van der Waals surface area contributed by atoms with Crippen molar-refractivity contribution in [1.82, 2.24) is 9.88 Å². The van der Waals surface area contributed by atoms with Crippen LogP contribution in [0, 0.1) is 0 Å². The first-order chi connectivity index (χ1) is 14.3. The molecule has 0 N–H and O–H groups in total. The van der Waals surface area contributed by atoms with E-state index in [9.17, 15) is 4.79 Å². The topological polar surface area (TPSA) is 60.9 Å². The van der Waals surface area contributed by atoms with Crippen molar-refractivity contribution >= 4 is 17.7 Å². The second-order valence-corrected chi connectivity index (χ2v) is 9.24. The van der Waals surface area contributed by atoms with Gasteiger partial charge in [0.15, 0.2) is 0 Å². The number of benzene rings is 1. The molecule has 3 heterocycles. The minimum absolute atomic E-state index is 0.0144. The molecule has 2 saturated heterocycles. The van der Waals surface area contributed by atoms with E-state index in [1.54, 1.807) is 12.1 Å². The van der Waals surface area contributed by atoms with Gasteiger partial charge in [-0.1, -0.05) is 29.8 Å². The van der Waals surface area contributed by atoms with E-state index in [4.69, 9.17) is 25.8 Å². The molecule has 2 fully saturated rings. The maximum atomic E-state index is 12.6. The van der Waals surface area contributed by atoms with Crippen LogP contribution in [0.15, 0.2) is 42.5 Å². The summed E-state index contributed by atoms with van der Waals surface area (Å²) in [4.78, 5) is 19.0. The van der Waals surface area contributed by atoms with Gasteiger partial charge in [-0.2, -0.15) is 4.98 Å². The smallest absolute Gasteiger partial charge is 0.410 e. The molecule has 2 atom stereocenters. The summed E-state index contributed by atoms with van der Waals surface area (Å²) in [7, 11) is 0. The number of amides is 1. The van der Waals surface area contributed by atoms with Crippen LogP contribution in [0.2, 0.25) is 5.02 Å². The maximum absolute atomic E-state index is 12.6. The number of aromatic nitrogens is 1. The number of para-hydroxylation sites is 1. The fourth-order valence-corrected chi connectivity index (χ4v) is 4.29. The third-order valence-corrected chi connectivity index (χ3v) is 5.62. The molecule has 160 valence electrons. The number of rotatable bonds is 4. The summed E-state index contributed by atoms with van der Waals surface area (Å²) in [6.45, 7) is 5.68. The van der Waals surface area contributed by atoms with E-state index in [1.807, 2.05) is 56.0 Å². The lowest BCUT2D eigenvalue weighted by atomic mass is 10.0. The Morgan fingerprint density at radius 1 is 1.07 bits per heavy atom. The van der Waals surface area contributed by atoms with Crippen molar-refractivity contribution in [2.75, 3.05) is 0 Å². The van der Waals surface area contributed by atoms with E-state index < -0.39 is 5.60 Å². The van der Waals surface area contributed by atoms with Crippen LogP contribution in [0.4, 0.5) is 4.79 Å². The number of carbonyl (C=O) groups excluding carboxylic acids is 1. The average Bonchev–Trinajstić information content (AvgIpc) is 2.95. The lowest BCUT2D eigenvalue weighted by molar-refractivity contribution is -0.00762.